The maximum atomic E-state index is 11.0. The molecule has 4 heteroatoms. The van der Waals surface area contributed by atoms with Gasteiger partial charge in [-0.05, 0) is 70.8 Å². The van der Waals surface area contributed by atoms with Crippen LogP contribution in [0.2, 0.25) is 0 Å². The zero-order valence-electron chi connectivity index (χ0n) is 15.9. The fourth-order valence-corrected chi connectivity index (χ4v) is 3.49. The molecule has 0 aromatic heterocycles. The summed E-state index contributed by atoms with van der Waals surface area (Å²) in [6.07, 6.45) is 1.86. The lowest BCUT2D eigenvalue weighted by atomic mass is 9.77. The van der Waals surface area contributed by atoms with Gasteiger partial charge in [-0.2, -0.15) is 0 Å². The fourth-order valence-electron chi connectivity index (χ4n) is 3.49. The zero-order valence-corrected chi connectivity index (χ0v) is 15.9. The molecule has 2 N–H and O–H groups in total. The molecule has 1 aromatic carbocycles. The van der Waals surface area contributed by atoms with Crippen LogP contribution in [-0.4, -0.2) is 47.9 Å². The first-order valence-electron chi connectivity index (χ1n) is 9.19. The lowest BCUT2D eigenvalue weighted by molar-refractivity contribution is -0.0831. The first kappa shape index (κ1) is 19.2. The van der Waals surface area contributed by atoms with E-state index in [0.29, 0.717) is 12.0 Å². The van der Waals surface area contributed by atoms with Gasteiger partial charge in [-0.15, -0.1) is 0 Å². The van der Waals surface area contributed by atoms with E-state index in [-0.39, 0.29) is 6.10 Å². The molecule has 1 saturated heterocycles. The number of aliphatic hydroxyl groups is 1. The van der Waals surface area contributed by atoms with E-state index < -0.39 is 5.60 Å². The highest BCUT2D eigenvalue weighted by atomic mass is 16.5. The van der Waals surface area contributed by atoms with E-state index in [0.717, 1.165) is 38.2 Å². The Morgan fingerprint density at radius 1 is 1.29 bits per heavy atom. The molecular formula is C20H34N2O2. The van der Waals surface area contributed by atoms with Crippen molar-refractivity contribution in [2.75, 3.05) is 20.1 Å². The number of rotatable bonds is 7. The van der Waals surface area contributed by atoms with Crippen molar-refractivity contribution in [1.82, 2.24) is 10.2 Å². The number of nitrogens with zero attached hydrogens (tertiary/aromatic N) is 1. The Balaban J connectivity index is 1.76. The first-order chi connectivity index (χ1) is 11.3. The lowest BCUT2D eigenvalue weighted by Gasteiger charge is -2.46. The van der Waals surface area contributed by atoms with Gasteiger partial charge in [-0.1, -0.05) is 19.1 Å². The van der Waals surface area contributed by atoms with Gasteiger partial charge in [-0.25, -0.2) is 0 Å². The van der Waals surface area contributed by atoms with Gasteiger partial charge in [0.1, 0.15) is 5.75 Å². The smallest absolute Gasteiger partial charge is 0.119 e. The Bertz CT molecular complexity index is 503. The molecule has 4 nitrogen and oxygen atoms in total. The predicted molar refractivity (Wildman–Crippen MR) is 99.4 cm³/mol. The number of hydrogen-bond donors (Lipinski definition) is 2. The molecular weight excluding hydrogens is 300 g/mol. The molecule has 24 heavy (non-hydrogen) atoms. The van der Waals surface area contributed by atoms with Crippen molar-refractivity contribution in [3.63, 3.8) is 0 Å². The van der Waals surface area contributed by atoms with Gasteiger partial charge in [0.05, 0.1) is 11.7 Å². The van der Waals surface area contributed by atoms with Crippen LogP contribution in [0.3, 0.4) is 0 Å². The molecule has 0 bridgehead atoms. The summed E-state index contributed by atoms with van der Waals surface area (Å²) in [5.41, 5.74) is 0.691. The molecule has 1 aliphatic rings. The number of benzene rings is 1. The van der Waals surface area contributed by atoms with E-state index in [9.17, 15) is 5.11 Å². The molecule has 0 amide bonds. The molecule has 2 rings (SSSR count). The summed E-state index contributed by atoms with van der Waals surface area (Å²) in [6, 6.07) is 8.68. The predicted octanol–water partition coefficient (Wildman–Crippen LogP) is 3.04. The van der Waals surface area contributed by atoms with Crippen LogP contribution in [0.1, 0.15) is 46.1 Å². The highest BCUT2D eigenvalue weighted by molar-refractivity contribution is 5.27. The first-order valence-corrected chi connectivity index (χ1v) is 9.19. The summed E-state index contributed by atoms with van der Waals surface area (Å²) in [4.78, 5) is 2.34. The SMILES string of the molecule is CC(C)Oc1ccc(CNCC[C@]2(O)C[C@@H](C)N(C)C[C@H]2C)cc1. The van der Waals surface area contributed by atoms with Crippen molar-refractivity contribution in [1.29, 1.82) is 0 Å². The molecule has 0 unspecified atom stereocenters. The Morgan fingerprint density at radius 3 is 2.58 bits per heavy atom. The van der Waals surface area contributed by atoms with Crippen LogP contribution in [0.25, 0.3) is 0 Å². The third kappa shape index (κ3) is 5.20. The summed E-state index contributed by atoms with van der Waals surface area (Å²) >= 11 is 0. The molecule has 0 spiro atoms. The minimum atomic E-state index is -0.548. The average molecular weight is 335 g/mol. The van der Waals surface area contributed by atoms with Crippen LogP contribution in [0.4, 0.5) is 0 Å². The van der Waals surface area contributed by atoms with Crippen molar-refractivity contribution in [3.05, 3.63) is 29.8 Å². The number of ether oxygens (including phenoxy) is 1. The van der Waals surface area contributed by atoms with E-state index in [1.54, 1.807) is 0 Å². The molecule has 1 heterocycles. The van der Waals surface area contributed by atoms with Crippen molar-refractivity contribution in [2.45, 2.75) is 64.8 Å². The van der Waals surface area contributed by atoms with E-state index in [1.165, 1.54) is 5.56 Å². The Kier molecular flexibility index (Phi) is 6.67. The lowest BCUT2D eigenvalue weighted by Crippen LogP contribution is -2.54. The van der Waals surface area contributed by atoms with Gasteiger partial charge < -0.3 is 20.1 Å². The second-order valence-electron chi connectivity index (χ2n) is 7.73. The number of likely N-dealkylation sites (tertiary alicyclic amines) is 1. The van der Waals surface area contributed by atoms with E-state index in [1.807, 2.05) is 26.0 Å². The van der Waals surface area contributed by atoms with Gasteiger partial charge in [0, 0.05) is 19.1 Å². The topological polar surface area (TPSA) is 44.7 Å². The summed E-state index contributed by atoms with van der Waals surface area (Å²) < 4.78 is 5.66. The van der Waals surface area contributed by atoms with Gasteiger partial charge >= 0.3 is 0 Å². The highest BCUT2D eigenvalue weighted by Gasteiger charge is 2.40. The van der Waals surface area contributed by atoms with Crippen LogP contribution in [0.5, 0.6) is 5.75 Å². The minimum Gasteiger partial charge on any atom is -0.491 e. The minimum absolute atomic E-state index is 0.202. The van der Waals surface area contributed by atoms with Crippen molar-refractivity contribution >= 4 is 0 Å². The molecule has 0 radical (unpaired) electrons. The monoisotopic (exact) mass is 334 g/mol. The molecule has 136 valence electrons. The average Bonchev–Trinajstić information content (AvgIpc) is 2.51. The summed E-state index contributed by atoms with van der Waals surface area (Å²) in [6.45, 7) is 11.1. The van der Waals surface area contributed by atoms with E-state index in [2.05, 4.69) is 43.2 Å². The zero-order chi connectivity index (χ0) is 17.7. The van der Waals surface area contributed by atoms with Crippen LogP contribution in [0, 0.1) is 5.92 Å². The molecule has 1 fully saturated rings. The summed E-state index contributed by atoms with van der Waals surface area (Å²) in [5, 5.41) is 14.4. The third-order valence-corrected chi connectivity index (χ3v) is 5.24. The van der Waals surface area contributed by atoms with Crippen LogP contribution in [0.15, 0.2) is 24.3 Å². The number of piperidine rings is 1. The van der Waals surface area contributed by atoms with E-state index >= 15 is 0 Å². The van der Waals surface area contributed by atoms with Crippen molar-refractivity contribution in [3.8, 4) is 5.75 Å². The molecule has 0 aliphatic carbocycles. The van der Waals surface area contributed by atoms with Gasteiger partial charge in [0.25, 0.3) is 0 Å². The Hall–Kier alpha value is -1.10. The molecule has 3 atom stereocenters. The second kappa shape index (κ2) is 8.32. The maximum absolute atomic E-state index is 11.0. The number of hydrogen-bond acceptors (Lipinski definition) is 4. The normalized spacial score (nSPS) is 28.3. The quantitative estimate of drug-likeness (QED) is 0.752. The second-order valence-corrected chi connectivity index (χ2v) is 7.73. The summed E-state index contributed by atoms with van der Waals surface area (Å²) in [5.74, 6) is 1.23. The highest BCUT2D eigenvalue weighted by Crippen LogP contribution is 2.33. The van der Waals surface area contributed by atoms with Crippen LogP contribution < -0.4 is 10.1 Å². The molecule has 1 aliphatic heterocycles. The van der Waals surface area contributed by atoms with E-state index in [4.69, 9.17) is 4.74 Å². The largest absolute Gasteiger partial charge is 0.491 e. The number of nitrogens with one attached hydrogen (secondary N) is 1. The van der Waals surface area contributed by atoms with Crippen LogP contribution in [-0.2, 0) is 6.54 Å². The van der Waals surface area contributed by atoms with Crippen LogP contribution >= 0.6 is 0 Å². The van der Waals surface area contributed by atoms with Gasteiger partial charge in [-0.3, -0.25) is 0 Å². The van der Waals surface area contributed by atoms with Crippen molar-refractivity contribution in [2.24, 2.45) is 5.92 Å². The Labute approximate surface area is 147 Å². The summed E-state index contributed by atoms with van der Waals surface area (Å²) in [7, 11) is 2.14. The van der Waals surface area contributed by atoms with Gasteiger partial charge in [0.15, 0.2) is 0 Å². The van der Waals surface area contributed by atoms with Gasteiger partial charge in [0.2, 0.25) is 0 Å². The fraction of sp³-hybridized carbons (Fsp3) is 0.700. The standard InChI is InChI=1S/C20H34N2O2/c1-15(2)24-19-8-6-18(7-9-19)13-21-11-10-20(23)12-17(4)22(5)14-16(20)3/h6-9,15-17,21,23H,10-14H2,1-5H3/t16-,17-,20+/m1/s1. The Morgan fingerprint density at radius 2 is 1.96 bits per heavy atom. The molecule has 1 aromatic rings. The van der Waals surface area contributed by atoms with Crippen molar-refractivity contribution < 1.29 is 9.84 Å². The molecule has 0 saturated carbocycles. The maximum Gasteiger partial charge on any atom is 0.119 e. The third-order valence-electron chi connectivity index (χ3n) is 5.24.